The number of benzene rings is 2. The minimum absolute atomic E-state index is 0.196. The van der Waals surface area contributed by atoms with Crippen LogP contribution in [0.5, 0.6) is 0 Å². The lowest BCUT2D eigenvalue weighted by Crippen LogP contribution is -2.15. The predicted octanol–water partition coefficient (Wildman–Crippen LogP) is 4.13. The van der Waals surface area contributed by atoms with Crippen LogP contribution in [0.3, 0.4) is 0 Å². The van der Waals surface area contributed by atoms with Gasteiger partial charge in [-0.3, -0.25) is 0 Å². The molecule has 0 radical (unpaired) electrons. The Balaban J connectivity index is 1.65. The van der Waals surface area contributed by atoms with Gasteiger partial charge in [-0.25, -0.2) is 4.98 Å². The molecule has 0 fully saturated rings. The average Bonchev–Trinajstić information content (AvgIpc) is 3.17. The summed E-state index contributed by atoms with van der Waals surface area (Å²) in [7, 11) is 3.72. The van der Waals surface area contributed by atoms with Crippen molar-refractivity contribution in [2.75, 3.05) is 24.7 Å². The number of hydrogen-bond acceptors (Lipinski definition) is 8. The highest BCUT2D eigenvalue weighted by molar-refractivity contribution is 7.98. The molecule has 8 heteroatoms. The molecule has 146 valence electrons. The van der Waals surface area contributed by atoms with Crippen LogP contribution in [0.4, 0.5) is 11.9 Å². The molecular weight excluding hydrogens is 384 g/mol. The molecule has 4 aromatic rings. The van der Waals surface area contributed by atoms with E-state index in [0.29, 0.717) is 22.7 Å². The molecule has 7 nitrogen and oxygen atoms in total. The van der Waals surface area contributed by atoms with Gasteiger partial charge in [0.05, 0.1) is 5.75 Å². The minimum atomic E-state index is 0.196. The number of oxazole rings is 1. The number of nitrogen functional groups attached to an aromatic ring is 1. The summed E-state index contributed by atoms with van der Waals surface area (Å²) in [4.78, 5) is 19.3. The van der Waals surface area contributed by atoms with Crippen LogP contribution in [0.15, 0.2) is 70.3 Å². The van der Waals surface area contributed by atoms with Gasteiger partial charge >= 0.3 is 0 Å². The Morgan fingerprint density at radius 3 is 2.17 bits per heavy atom. The SMILES string of the molecule is CN(C)c1nc(N)nc(CSc2nc(-c3ccccc3)c(-c3ccccc3)o2)n1. The second-order valence-electron chi connectivity index (χ2n) is 6.48. The van der Waals surface area contributed by atoms with E-state index in [0.717, 1.165) is 22.6 Å². The summed E-state index contributed by atoms with van der Waals surface area (Å²) in [6.07, 6.45) is 0. The molecule has 0 saturated heterocycles. The third kappa shape index (κ3) is 4.38. The predicted molar refractivity (Wildman–Crippen MR) is 116 cm³/mol. The third-order valence-corrected chi connectivity index (χ3v) is 4.93. The lowest BCUT2D eigenvalue weighted by molar-refractivity contribution is 0.466. The molecule has 0 bridgehead atoms. The van der Waals surface area contributed by atoms with Crippen LogP contribution >= 0.6 is 11.8 Å². The van der Waals surface area contributed by atoms with Gasteiger partial charge in [0.2, 0.25) is 11.9 Å². The lowest BCUT2D eigenvalue weighted by atomic mass is 10.1. The summed E-state index contributed by atoms with van der Waals surface area (Å²) in [6.45, 7) is 0. The Kier molecular flexibility index (Phi) is 5.44. The summed E-state index contributed by atoms with van der Waals surface area (Å²) in [5.41, 5.74) is 8.60. The van der Waals surface area contributed by atoms with Gasteiger partial charge in [0, 0.05) is 25.2 Å². The van der Waals surface area contributed by atoms with E-state index in [1.54, 1.807) is 4.90 Å². The number of anilines is 2. The molecule has 2 N–H and O–H groups in total. The quantitative estimate of drug-likeness (QED) is 0.479. The van der Waals surface area contributed by atoms with Crippen LogP contribution < -0.4 is 10.6 Å². The fourth-order valence-corrected chi connectivity index (χ4v) is 3.43. The van der Waals surface area contributed by atoms with Gasteiger partial charge in [0.1, 0.15) is 11.5 Å². The highest BCUT2D eigenvalue weighted by Gasteiger charge is 2.18. The molecule has 4 rings (SSSR count). The van der Waals surface area contributed by atoms with E-state index in [-0.39, 0.29) is 5.95 Å². The second-order valence-corrected chi connectivity index (χ2v) is 7.41. The Labute approximate surface area is 173 Å². The fraction of sp³-hybridized carbons (Fsp3) is 0.143. The number of rotatable bonds is 6. The average molecular weight is 404 g/mol. The molecule has 29 heavy (non-hydrogen) atoms. The summed E-state index contributed by atoms with van der Waals surface area (Å²) in [5, 5.41) is 0.549. The summed E-state index contributed by atoms with van der Waals surface area (Å²) in [6, 6.07) is 20.0. The standard InChI is InChI=1S/C21H20N6OS/c1-27(2)20-24-16(23-19(22)26-20)13-29-21-25-17(14-9-5-3-6-10-14)18(28-21)15-11-7-4-8-12-15/h3-12H,13H2,1-2H3,(H2,22,23,24,26). The van der Waals surface area contributed by atoms with Crippen molar-refractivity contribution in [3.63, 3.8) is 0 Å². The second kappa shape index (κ2) is 8.32. The van der Waals surface area contributed by atoms with E-state index in [2.05, 4.69) is 15.0 Å². The van der Waals surface area contributed by atoms with Gasteiger partial charge in [0.25, 0.3) is 5.22 Å². The molecule has 0 amide bonds. The van der Waals surface area contributed by atoms with Gasteiger partial charge in [-0.05, 0) is 0 Å². The molecule has 0 aliphatic heterocycles. The molecule has 2 heterocycles. The number of nitrogens with zero attached hydrogens (tertiary/aromatic N) is 5. The Morgan fingerprint density at radius 2 is 1.52 bits per heavy atom. The Morgan fingerprint density at radius 1 is 0.862 bits per heavy atom. The largest absolute Gasteiger partial charge is 0.431 e. The van der Waals surface area contributed by atoms with E-state index in [9.17, 15) is 0 Å². The van der Waals surface area contributed by atoms with E-state index in [4.69, 9.17) is 15.1 Å². The van der Waals surface area contributed by atoms with Crippen LogP contribution in [-0.2, 0) is 5.75 Å². The van der Waals surface area contributed by atoms with Crippen molar-refractivity contribution in [2.45, 2.75) is 11.0 Å². The number of nitrogens with two attached hydrogens (primary N) is 1. The van der Waals surface area contributed by atoms with Crippen molar-refractivity contribution < 1.29 is 4.42 Å². The molecule has 0 unspecified atom stereocenters. The Bertz CT molecular complexity index is 1040. The van der Waals surface area contributed by atoms with Crippen LogP contribution in [0, 0.1) is 0 Å². The highest BCUT2D eigenvalue weighted by Crippen LogP contribution is 2.36. The van der Waals surface area contributed by atoms with Gasteiger partial charge in [0.15, 0.2) is 5.76 Å². The molecule has 0 aliphatic carbocycles. The summed E-state index contributed by atoms with van der Waals surface area (Å²) < 4.78 is 6.12. The smallest absolute Gasteiger partial charge is 0.257 e. The zero-order chi connectivity index (χ0) is 20.2. The zero-order valence-corrected chi connectivity index (χ0v) is 16.9. The Hall–Kier alpha value is -3.39. The maximum atomic E-state index is 6.12. The van der Waals surface area contributed by atoms with Gasteiger partial charge in [-0.2, -0.15) is 15.0 Å². The highest BCUT2D eigenvalue weighted by atomic mass is 32.2. The van der Waals surface area contributed by atoms with Crippen molar-refractivity contribution in [1.29, 1.82) is 0 Å². The number of hydrogen-bond donors (Lipinski definition) is 1. The molecule has 0 spiro atoms. The first-order valence-corrected chi connectivity index (χ1v) is 10.0. The summed E-state index contributed by atoms with van der Waals surface area (Å²) >= 11 is 1.42. The zero-order valence-electron chi connectivity index (χ0n) is 16.1. The number of aromatic nitrogens is 4. The first-order valence-electron chi connectivity index (χ1n) is 9.02. The normalized spacial score (nSPS) is 10.8. The van der Waals surface area contributed by atoms with Crippen LogP contribution in [0.2, 0.25) is 0 Å². The molecule has 0 saturated carbocycles. The molecular formula is C21H20N6OS. The van der Waals surface area contributed by atoms with Crippen molar-refractivity contribution >= 4 is 23.7 Å². The van der Waals surface area contributed by atoms with E-state index in [1.807, 2.05) is 74.8 Å². The third-order valence-electron chi connectivity index (χ3n) is 4.10. The first kappa shape index (κ1) is 18.9. The van der Waals surface area contributed by atoms with Crippen molar-refractivity contribution in [3.8, 4) is 22.6 Å². The first-order chi connectivity index (χ1) is 14.1. The molecule has 2 aromatic carbocycles. The summed E-state index contributed by atoms with van der Waals surface area (Å²) in [5.74, 6) is 2.50. The van der Waals surface area contributed by atoms with Crippen LogP contribution in [-0.4, -0.2) is 34.0 Å². The molecule has 2 aromatic heterocycles. The monoisotopic (exact) mass is 404 g/mol. The van der Waals surface area contributed by atoms with Gasteiger partial charge in [-0.15, -0.1) is 0 Å². The maximum Gasteiger partial charge on any atom is 0.257 e. The van der Waals surface area contributed by atoms with Crippen molar-refractivity contribution in [1.82, 2.24) is 19.9 Å². The van der Waals surface area contributed by atoms with Gasteiger partial charge < -0.3 is 15.1 Å². The van der Waals surface area contributed by atoms with Crippen LogP contribution in [0.25, 0.3) is 22.6 Å². The van der Waals surface area contributed by atoms with Crippen molar-refractivity contribution in [3.05, 3.63) is 66.5 Å². The lowest BCUT2D eigenvalue weighted by Gasteiger charge is -2.10. The van der Waals surface area contributed by atoms with E-state index >= 15 is 0 Å². The minimum Gasteiger partial charge on any atom is -0.431 e. The van der Waals surface area contributed by atoms with E-state index < -0.39 is 0 Å². The van der Waals surface area contributed by atoms with E-state index in [1.165, 1.54) is 11.8 Å². The maximum absolute atomic E-state index is 6.12. The molecule has 0 atom stereocenters. The van der Waals surface area contributed by atoms with Crippen LogP contribution in [0.1, 0.15) is 5.82 Å². The van der Waals surface area contributed by atoms with Gasteiger partial charge in [-0.1, -0.05) is 72.4 Å². The van der Waals surface area contributed by atoms with Crippen molar-refractivity contribution in [2.24, 2.45) is 0 Å². The topological polar surface area (TPSA) is 94.0 Å². The fourth-order valence-electron chi connectivity index (χ4n) is 2.76. The number of thioether (sulfide) groups is 1. The molecule has 0 aliphatic rings.